The van der Waals surface area contributed by atoms with Crippen LogP contribution in [-0.4, -0.2) is 11.7 Å². The maximum atomic E-state index is 9.24. The number of ether oxygens (including phenoxy) is 1. The summed E-state index contributed by atoms with van der Waals surface area (Å²) in [6.45, 7) is 5.51. The van der Waals surface area contributed by atoms with Crippen LogP contribution in [0.2, 0.25) is 5.02 Å². The first kappa shape index (κ1) is 15.7. The molecule has 0 aliphatic heterocycles. The van der Waals surface area contributed by atoms with Crippen LogP contribution in [0.15, 0.2) is 42.5 Å². The van der Waals surface area contributed by atoms with Crippen LogP contribution in [0.3, 0.4) is 0 Å². The Labute approximate surface area is 130 Å². The quantitative estimate of drug-likeness (QED) is 0.836. The normalized spacial score (nSPS) is 12.1. The number of halogens is 1. The van der Waals surface area contributed by atoms with Gasteiger partial charge in [-0.1, -0.05) is 36.7 Å². The van der Waals surface area contributed by atoms with Gasteiger partial charge in [-0.3, -0.25) is 0 Å². The fraction of sp³-hybridized carbons (Fsp3) is 0.294. The largest absolute Gasteiger partial charge is 0.508 e. The third kappa shape index (κ3) is 4.38. The Balaban J connectivity index is 2.02. The van der Waals surface area contributed by atoms with Gasteiger partial charge < -0.3 is 15.2 Å². The molecule has 21 heavy (non-hydrogen) atoms. The van der Waals surface area contributed by atoms with E-state index in [4.69, 9.17) is 16.3 Å². The molecular formula is C17H20ClNO2. The van der Waals surface area contributed by atoms with Crippen LogP contribution < -0.4 is 10.1 Å². The minimum atomic E-state index is 0.249. The van der Waals surface area contributed by atoms with Crippen molar-refractivity contribution in [2.24, 2.45) is 0 Å². The van der Waals surface area contributed by atoms with Gasteiger partial charge >= 0.3 is 0 Å². The first-order chi connectivity index (χ1) is 10.1. The van der Waals surface area contributed by atoms with Crippen molar-refractivity contribution in [1.29, 1.82) is 0 Å². The molecule has 0 saturated carbocycles. The van der Waals surface area contributed by atoms with Crippen LogP contribution in [0.5, 0.6) is 11.5 Å². The van der Waals surface area contributed by atoms with E-state index in [9.17, 15) is 5.11 Å². The highest BCUT2D eigenvalue weighted by Crippen LogP contribution is 2.28. The molecule has 0 aromatic heterocycles. The van der Waals surface area contributed by atoms with Gasteiger partial charge in [0.1, 0.15) is 18.1 Å². The van der Waals surface area contributed by atoms with E-state index in [-0.39, 0.29) is 11.8 Å². The van der Waals surface area contributed by atoms with Gasteiger partial charge in [0.05, 0.1) is 5.02 Å². The summed E-state index contributed by atoms with van der Waals surface area (Å²) in [7, 11) is 0. The number of phenolic OH excluding ortho intramolecular Hbond substituents is 1. The Morgan fingerprint density at radius 2 is 1.90 bits per heavy atom. The summed E-state index contributed by atoms with van der Waals surface area (Å²) in [5, 5.41) is 13.2. The van der Waals surface area contributed by atoms with Crippen molar-refractivity contribution in [3.8, 4) is 11.5 Å². The van der Waals surface area contributed by atoms with Gasteiger partial charge in [0, 0.05) is 6.04 Å². The smallest absolute Gasteiger partial charge is 0.138 e. The molecule has 0 spiro atoms. The molecule has 0 aliphatic carbocycles. The summed E-state index contributed by atoms with van der Waals surface area (Å²) < 4.78 is 5.72. The molecule has 0 fully saturated rings. The molecule has 0 bridgehead atoms. The fourth-order valence-electron chi connectivity index (χ4n) is 2.08. The monoisotopic (exact) mass is 305 g/mol. The molecule has 4 heteroatoms. The lowest BCUT2D eigenvalue weighted by atomic mass is 10.1. The molecule has 2 aromatic rings. The molecule has 112 valence electrons. The van der Waals surface area contributed by atoms with Gasteiger partial charge in [-0.2, -0.15) is 0 Å². The molecule has 2 rings (SSSR count). The van der Waals surface area contributed by atoms with Gasteiger partial charge in [-0.05, 0) is 48.9 Å². The molecule has 1 atom stereocenters. The zero-order valence-corrected chi connectivity index (χ0v) is 13.0. The minimum Gasteiger partial charge on any atom is -0.508 e. The van der Waals surface area contributed by atoms with Crippen LogP contribution in [0.1, 0.15) is 31.0 Å². The van der Waals surface area contributed by atoms with E-state index < -0.39 is 0 Å². The predicted molar refractivity (Wildman–Crippen MR) is 86.0 cm³/mol. The third-order valence-electron chi connectivity index (χ3n) is 3.30. The zero-order valence-electron chi connectivity index (χ0n) is 12.3. The van der Waals surface area contributed by atoms with Crippen molar-refractivity contribution >= 4 is 11.6 Å². The van der Waals surface area contributed by atoms with Crippen molar-refractivity contribution < 1.29 is 9.84 Å². The molecule has 0 aliphatic rings. The molecule has 0 radical (unpaired) electrons. The molecule has 1 unspecified atom stereocenters. The van der Waals surface area contributed by atoms with Crippen LogP contribution in [-0.2, 0) is 6.61 Å². The van der Waals surface area contributed by atoms with Crippen molar-refractivity contribution in [3.05, 3.63) is 58.6 Å². The highest BCUT2D eigenvalue weighted by molar-refractivity contribution is 6.32. The number of hydrogen-bond donors (Lipinski definition) is 2. The number of nitrogens with one attached hydrogen (secondary N) is 1. The summed E-state index contributed by atoms with van der Waals surface area (Å²) in [5.74, 6) is 0.913. The van der Waals surface area contributed by atoms with Crippen LogP contribution in [0.25, 0.3) is 0 Å². The second-order valence-electron chi connectivity index (χ2n) is 4.92. The van der Waals surface area contributed by atoms with Crippen molar-refractivity contribution in [2.75, 3.05) is 6.54 Å². The van der Waals surface area contributed by atoms with Crippen LogP contribution in [0, 0.1) is 0 Å². The van der Waals surface area contributed by atoms with E-state index >= 15 is 0 Å². The third-order valence-corrected chi connectivity index (χ3v) is 3.59. The second kappa shape index (κ2) is 7.34. The Morgan fingerprint density at radius 3 is 2.52 bits per heavy atom. The number of aromatic hydroxyl groups is 1. The fourth-order valence-corrected chi connectivity index (χ4v) is 2.32. The Bertz CT molecular complexity index is 584. The number of hydrogen-bond acceptors (Lipinski definition) is 3. The maximum Gasteiger partial charge on any atom is 0.138 e. The van der Waals surface area contributed by atoms with Crippen molar-refractivity contribution in [1.82, 2.24) is 5.32 Å². The highest BCUT2D eigenvalue weighted by Gasteiger charge is 2.08. The van der Waals surface area contributed by atoms with Gasteiger partial charge in [0.15, 0.2) is 0 Å². The number of benzene rings is 2. The predicted octanol–water partition coefficient (Wildman–Crippen LogP) is 4.30. The minimum absolute atomic E-state index is 0.249. The number of rotatable bonds is 6. The van der Waals surface area contributed by atoms with Gasteiger partial charge in [-0.15, -0.1) is 0 Å². The number of phenols is 1. The summed E-state index contributed by atoms with van der Waals surface area (Å²) in [5.41, 5.74) is 2.12. The molecule has 2 aromatic carbocycles. The molecule has 0 amide bonds. The summed E-state index contributed by atoms with van der Waals surface area (Å²) >= 11 is 6.27. The Hall–Kier alpha value is -1.71. The van der Waals surface area contributed by atoms with Gasteiger partial charge in [-0.25, -0.2) is 0 Å². The molecule has 3 nitrogen and oxygen atoms in total. The van der Waals surface area contributed by atoms with E-state index in [1.807, 2.05) is 30.3 Å². The van der Waals surface area contributed by atoms with Crippen molar-refractivity contribution in [2.45, 2.75) is 26.5 Å². The first-order valence-electron chi connectivity index (χ1n) is 7.03. The van der Waals surface area contributed by atoms with Crippen LogP contribution in [0.4, 0.5) is 0 Å². The second-order valence-corrected chi connectivity index (χ2v) is 5.33. The lowest BCUT2D eigenvalue weighted by Crippen LogP contribution is -2.17. The summed E-state index contributed by atoms with van der Waals surface area (Å²) in [4.78, 5) is 0. The van der Waals surface area contributed by atoms with Gasteiger partial charge in [0.2, 0.25) is 0 Å². The van der Waals surface area contributed by atoms with E-state index in [0.717, 1.165) is 17.7 Å². The average Bonchev–Trinajstić information content (AvgIpc) is 2.48. The van der Waals surface area contributed by atoms with E-state index in [1.54, 1.807) is 12.1 Å². The zero-order chi connectivity index (χ0) is 15.2. The first-order valence-corrected chi connectivity index (χ1v) is 7.41. The molecule has 0 saturated heterocycles. The Morgan fingerprint density at radius 1 is 1.19 bits per heavy atom. The molecule has 0 heterocycles. The van der Waals surface area contributed by atoms with Crippen LogP contribution >= 0.6 is 11.6 Å². The molecular weight excluding hydrogens is 286 g/mol. The molecule has 2 N–H and O–H groups in total. The Kier molecular flexibility index (Phi) is 5.48. The van der Waals surface area contributed by atoms with E-state index in [2.05, 4.69) is 19.2 Å². The van der Waals surface area contributed by atoms with Gasteiger partial charge in [0.25, 0.3) is 0 Å². The SMILES string of the molecule is CCNC(C)c1ccc(OCc2ccc(O)cc2)c(Cl)c1. The summed E-state index contributed by atoms with van der Waals surface area (Å²) in [6.07, 6.45) is 0. The lowest BCUT2D eigenvalue weighted by molar-refractivity contribution is 0.306. The summed E-state index contributed by atoms with van der Waals surface area (Å²) in [6, 6.07) is 13.0. The van der Waals surface area contributed by atoms with E-state index in [1.165, 1.54) is 0 Å². The average molecular weight is 306 g/mol. The lowest BCUT2D eigenvalue weighted by Gasteiger charge is -2.15. The maximum absolute atomic E-state index is 9.24. The van der Waals surface area contributed by atoms with E-state index in [0.29, 0.717) is 17.4 Å². The standard InChI is InChI=1S/C17H20ClNO2/c1-3-19-12(2)14-6-9-17(16(18)10-14)21-11-13-4-7-15(20)8-5-13/h4-10,12,19-20H,3,11H2,1-2H3. The highest BCUT2D eigenvalue weighted by atomic mass is 35.5. The topological polar surface area (TPSA) is 41.5 Å². The van der Waals surface area contributed by atoms with Crippen molar-refractivity contribution in [3.63, 3.8) is 0 Å².